The summed E-state index contributed by atoms with van der Waals surface area (Å²) in [5.74, 6) is -0.466. The van der Waals surface area contributed by atoms with E-state index in [-0.39, 0.29) is 29.5 Å². The zero-order chi connectivity index (χ0) is 21.7. The zero-order valence-corrected chi connectivity index (χ0v) is 17.2. The summed E-state index contributed by atoms with van der Waals surface area (Å²) in [6.07, 6.45) is 1.29. The summed E-state index contributed by atoms with van der Waals surface area (Å²) in [5, 5.41) is 5.85. The van der Waals surface area contributed by atoms with Gasteiger partial charge in [0.05, 0.1) is 28.9 Å². The van der Waals surface area contributed by atoms with Gasteiger partial charge in [-0.3, -0.25) is 9.59 Å². The molecule has 1 heterocycles. The zero-order valence-electron chi connectivity index (χ0n) is 16.5. The molecule has 0 aliphatic heterocycles. The minimum Gasteiger partial charge on any atom is -0.489 e. The summed E-state index contributed by atoms with van der Waals surface area (Å²) in [6, 6.07) is 15.5. The maximum absolute atomic E-state index is 12.6. The van der Waals surface area contributed by atoms with Gasteiger partial charge in [-0.1, -0.05) is 41.9 Å². The fraction of sp³-hybridized carbons (Fsp3) is 0.182. The monoisotopic (exact) mass is 425 g/mol. The number of amides is 1. The van der Waals surface area contributed by atoms with Crippen molar-refractivity contribution < 1.29 is 9.53 Å². The first-order valence-electron chi connectivity index (χ1n) is 9.26. The number of ether oxygens (including phenoxy) is 1. The van der Waals surface area contributed by atoms with Gasteiger partial charge in [0.2, 0.25) is 0 Å². The molecule has 30 heavy (non-hydrogen) atoms. The maximum Gasteiger partial charge on any atom is 0.320 e. The lowest BCUT2D eigenvalue weighted by molar-refractivity contribution is 0.100. The fourth-order valence-electron chi connectivity index (χ4n) is 2.88. The number of hydrogen-bond acceptors (Lipinski definition) is 5. The second-order valence-electron chi connectivity index (χ2n) is 6.89. The Morgan fingerprint density at radius 3 is 2.53 bits per heavy atom. The minimum atomic E-state index is -0.981. The number of hydrogen-bond donors (Lipinski definition) is 1. The van der Waals surface area contributed by atoms with E-state index < -0.39 is 5.91 Å². The highest BCUT2D eigenvalue weighted by Crippen LogP contribution is 2.30. The molecular formula is C22H20ClN3O4. The smallest absolute Gasteiger partial charge is 0.320 e. The molecule has 0 aliphatic rings. The minimum absolute atomic E-state index is 0.0147. The molecule has 3 rings (SSSR count). The highest BCUT2D eigenvalue weighted by molar-refractivity contribution is 6.32. The van der Waals surface area contributed by atoms with Crippen LogP contribution < -0.4 is 15.6 Å². The number of benzene rings is 2. The van der Waals surface area contributed by atoms with E-state index in [1.165, 1.54) is 16.8 Å². The summed E-state index contributed by atoms with van der Waals surface area (Å²) in [4.78, 5) is 35.6. The maximum atomic E-state index is 12.6. The number of halogens is 1. The van der Waals surface area contributed by atoms with Crippen molar-refractivity contribution in [2.75, 3.05) is 5.32 Å². The van der Waals surface area contributed by atoms with Crippen molar-refractivity contribution in [3.05, 3.63) is 92.2 Å². The molecule has 0 spiro atoms. The first-order valence-corrected chi connectivity index (χ1v) is 9.64. The number of nitroso groups, excluding NO2 is 1. The molecule has 0 saturated heterocycles. The first-order chi connectivity index (χ1) is 14.4. The topological polar surface area (TPSA) is 89.8 Å². The van der Waals surface area contributed by atoms with E-state index in [4.69, 9.17) is 16.3 Å². The molecule has 0 fully saturated rings. The van der Waals surface area contributed by atoms with Gasteiger partial charge in [-0.2, -0.15) is 0 Å². The average Bonchev–Trinajstić information content (AvgIpc) is 2.72. The third-order valence-electron chi connectivity index (χ3n) is 4.21. The quantitative estimate of drug-likeness (QED) is 0.539. The van der Waals surface area contributed by atoms with Crippen LogP contribution in [0.15, 0.2) is 70.8 Å². The van der Waals surface area contributed by atoms with E-state index >= 15 is 0 Å². The van der Waals surface area contributed by atoms with Crippen LogP contribution in [0.1, 0.15) is 29.8 Å². The van der Waals surface area contributed by atoms with Gasteiger partial charge in [-0.15, -0.1) is 4.91 Å². The van der Waals surface area contributed by atoms with Crippen molar-refractivity contribution in [1.29, 1.82) is 0 Å². The van der Waals surface area contributed by atoms with Crippen LogP contribution in [0.5, 0.6) is 5.75 Å². The van der Waals surface area contributed by atoms with Crippen LogP contribution in [0.3, 0.4) is 0 Å². The van der Waals surface area contributed by atoms with Gasteiger partial charge in [0.1, 0.15) is 5.75 Å². The highest BCUT2D eigenvalue weighted by Gasteiger charge is 2.16. The summed E-state index contributed by atoms with van der Waals surface area (Å²) in [5.41, 5.74) is 1.22. The van der Waals surface area contributed by atoms with Crippen LogP contribution in [0, 0.1) is 4.91 Å². The molecule has 0 unspecified atom stereocenters. The second-order valence-corrected chi connectivity index (χ2v) is 7.29. The normalized spacial score (nSPS) is 10.7. The Morgan fingerprint density at radius 1 is 1.17 bits per heavy atom. The summed E-state index contributed by atoms with van der Waals surface area (Å²) >= 11 is 6.25. The number of aromatic nitrogens is 1. The fourth-order valence-corrected chi connectivity index (χ4v) is 3.11. The Kier molecular flexibility index (Phi) is 6.64. The molecule has 3 aromatic rings. The van der Waals surface area contributed by atoms with Gasteiger partial charge in [-0.25, -0.2) is 0 Å². The number of pyridine rings is 1. The Bertz CT molecular complexity index is 1130. The van der Waals surface area contributed by atoms with Crippen LogP contribution in [0.4, 0.5) is 11.4 Å². The SMILES string of the molecule is CC(C)Oc1ccc(Nc2cc(=O)n(Cc3ccccc3)cc2C(=O)N=O)cc1Cl. The molecule has 0 saturated carbocycles. The van der Waals surface area contributed by atoms with E-state index in [0.717, 1.165) is 5.56 Å². The lowest BCUT2D eigenvalue weighted by Crippen LogP contribution is -2.22. The molecule has 0 bridgehead atoms. The van der Waals surface area contributed by atoms with E-state index in [1.54, 1.807) is 18.2 Å². The third kappa shape index (κ3) is 5.12. The highest BCUT2D eigenvalue weighted by atomic mass is 35.5. The van der Waals surface area contributed by atoms with E-state index in [0.29, 0.717) is 16.5 Å². The Hall–Kier alpha value is -3.45. The Morgan fingerprint density at radius 2 is 1.90 bits per heavy atom. The van der Waals surface area contributed by atoms with Gasteiger partial charge in [0.15, 0.2) is 0 Å². The standard InChI is InChI=1S/C22H20ClN3O4/c1-14(2)30-20-9-8-16(10-18(20)23)24-19-11-21(27)26(13-17(19)22(28)25-29)12-15-6-4-3-5-7-15/h3-11,13-14,24H,12H2,1-2H3. The molecule has 2 aromatic carbocycles. The molecule has 8 heteroatoms. The van der Waals surface area contributed by atoms with Crippen molar-refractivity contribution >= 4 is 28.9 Å². The molecule has 7 nitrogen and oxygen atoms in total. The molecule has 0 aliphatic carbocycles. The van der Waals surface area contributed by atoms with Gasteiger partial charge in [0.25, 0.3) is 5.56 Å². The third-order valence-corrected chi connectivity index (χ3v) is 4.50. The van der Waals surface area contributed by atoms with Crippen molar-refractivity contribution in [2.24, 2.45) is 5.18 Å². The van der Waals surface area contributed by atoms with Crippen molar-refractivity contribution in [2.45, 2.75) is 26.5 Å². The second kappa shape index (κ2) is 9.37. The van der Waals surface area contributed by atoms with Crippen LogP contribution in [0.2, 0.25) is 5.02 Å². The van der Waals surface area contributed by atoms with Gasteiger partial charge < -0.3 is 14.6 Å². The van der Waals surface area contributed by atoms with Gasteiger partial charge in [0, 0.05) is 23.1 Å². The number of nitrogens with one attached hydrogen (secondary N) is 1. The van der Waals surface area contributed by atoms with E-state index in [9.17, 15) is 14.5 Å². The van der Waals surface area contributed by atoms with Crippen molar-refractivity contribution in [1.82, 2.24) is 4.57 Å². The molecule has 0 radical (unpaired) electrons. The van der Waals surface area contributed by atoms with Gasteiger partial charge in [-0.05, 0) is 37.6 Å². The molecular weight excluding hydrogens is 406 g/mol. The predicted octanol–water partition coefficient (Wildman–Crippen LogP) is 4.99. The lowest BCUT2D eigenvalue weighted by atomic mass is 10.2. The number of carbonyl (C=O) groups is 1. The summed E-state index contributed by atoms with van der Waals surface area (Å²) < 4.78 is 6.95. The van der Waals surface area contributed by atoms with Crippen LogP contribution in [-0.2, 0) is 6.54 Å². The number of rotatable bonds is 7. The lowest BCUT2D eigenvalue weighted by Gasteiger charge is -2.15. The Balaban J connectivity index is 1.95. The molecule has 1 amide bonds. The van der Waals surface area contributed by atoms with Crippen molar-refractivity contribution in [3.8, 4) is 5.75 Å². The van der Waals surface area contributed by atoms with Crippen LogP contribution >= 0.6 is 11.6 Å². The summed E-state index contributed by atoms with van der Waals surface area (Å²) in [6.45, 7) is 4.03. The van der Waals surface area contributed by atoms with Crippen LogP contribution in [-0.4, -0.2) is 16.6 Å². The molecule has 154 valence electrons. The number of anilines is 2. The molecule has 1 aromatic heterocycles. The summed E-state index contributed by atoms with van der Waals surface area (Å²) in [7, 11) is 0. The van der Waals surface area contributed by atoms with Crippen molar-refractivity contribution in [3.63, 3.8) is 0 Å². The first kappa shape index (κ1) is 21.3. The largest absolute Gasteiger partial charge is 0.489 e. The van der Waals surface area contributed by atoms with Crippen LogP contribution in [0.25, 0.3) is 0 Å². The average molecular weight is 426 g/mol. The number of carbonyl (C=O) groups excluding carboxylic acids is 1. The number of nitrogens with zero attached hydrogens (tertiary/aromatic N) is 2. The van der Waals surface area contributed by atoms with Gasteiger partial charge >= 0.3 is 5.91 Å². The molecule has 0 atom stereocenters. The van der Waals surface area contributed by atoms with E-state index in [1.807, 2.05) is 44.2 Å². The predicted molar refractivity (Wildman–Crippen MR) is 117 cm³/mol. The molecule has 1 N–H and O–H groups in total. The van der Waals surface area contributed by atoms with E-state index in [2.05, 4.69) is 10.5 Å². The Labute approximate surface area is 178 Å².